The molecule has 4 fully saturated rings. The predicted molar refractivity (Wildman–Crippen MR) is 212 cm³/mol. The van der Waals surface area contributed by atoms with Gasteiger partial charge in [0.1, 0.15) is 35.9 Å². The number of piperidine rings is 2. The third-order valence-electron chi connectivity index (χ3n) is 12.0. The molecule has 0 spiro atoms. The SMILES string of the molecule is O=C1CCC(N2Cc3c(OCCN4CC(Oc5cccc(S(=O)(=O)N6CCC(Nc7ncc8ccc(=O)n(C9CCCC9)c8n7)CC6)c5)C4)cccc3C2=O)C(=O)N1. The van der Waals surface area contributed by atoms with Crippen LogP contribution in [-0.2, 0) is 26.2 Å². The Hall–Kier alpha value is -5.39. The van der Waals surface area contributed by atoms with Gasteiger partial charge in [-0.25, -0.2) is 13.4 Å². The van der Waals surface area contributed by atoms with Crippen LogP contribution < -0.4 is 25.7 Å². The van der Waals surface area contributed by atoms with E-state index in [1.165, 1.54) is 9.21 Å². The van der Waals surface area contributed by atoms with Crippen molar-refractivity contribution in [1.82, 2.24) is 34.0 Å². The molecule has 4 aromatic rings. The molecule has 1 aliphatic carbocycles. The van der Waals surface area contributed by atoms with Crippen LogP contribution in [0.15, 0.2) is 70.5 Å². The van der Waals surface area contributed by atoms with Crippen LogP contribution >= 0.6 is 0 Å². The molecule has 6 heterocycles. The summed E-state index contributed by atoms with van der Waals surface area (Å²) >= 11 is 0. The average molecular weight is 811 g/mol. The number of sulfonamides is 1. The number of rotatable bonds is 12. The van der Waals surface area contributed by atoms with Crippen LogP contribution in [0.4, 0.5) is 5.95 Å². The van der Waals surface area contributed by atoms with Gasteiger partial charge in [0.15, 0.2) is 0 Å². The second kappa shape index (κ2) is 15.8. The standard InChI is InChI=1S/C41H46N8O8S/c50-36-13-12-34(39(52)44-36)48-25-33-32(40(48)53)9-4-10-35(33)56-20-19-46-23-30(24-46)57-29-7-3-8-31(21-29)58(54,55)47-17-15-27(16-18-47)43-41-42-22-26-11-14-37(51)49(38(26)45-41)28-5-1-2-6-28/h3-4,7-11,14,21-22,27-28,30,34H,1-2,5-6,12-13,15-20,23-25H2,(H,42,43,45)(H,44,50,52). The van der Waals surface area contributed by atoms with Crippen LogP contribution in [0.5, 0.6) is 11.5 Å². The Kier molecular flexibility index (Phi) is 10.4. The highest BCUT2D eigenvalue weighted by molar-refractivity contribution is 7.89. The van der Waals surface area contributed by atoms with Crippen molar-refractivity contribution in [1.29, 1.82) is 0 Å². The molecule has 3 amide bonds. The smallest absolute Gasteiger partial charge is 0.255 e. The second-order valence-corrected chi connectivity index (χ2v) is 17.7. The molecule has 5 aliphatic rings. The van der Waals surface area contributed by atoms with Gasteiger partial charge in [0.2, 0.25) is 27.8 Å². The molecule has 1 atom stereocenters. The highest BCUT2D eigenvalue weighted by Gasteiger charge is 2.40. The Morgan fingerprint density at radius 3 is 2.50 bits per heavy atom. The maximum absolute atomic E-state index is 13.7. The molecule has 16 nitrogen and oxygen atoms in total. The number of imide groups is 1. The Balaban J connectivity index is 0.744. The molecule has 1 unspecified atom stereocenters. The number of ether oxygens (including phenoxy) is 2. The largest absolute Gasteiger partial charge is 0.492 e. The number of pyridine rings is 1. The first-order valence-corrected chi connectivity index (χ1v) is 21.6. The summed E-state index contributed by atoms with van der Waals surface area (Å²) in [5.74, 6) is 0.514. The van der Waals surface area contributed by atoms with Gasteiger partial charge in [-0.1, -0.05) is 25.0 Å². The lowest BCUT2D eigenvalue weighted by molar-refractivity contribution is -0.136. The number of amides is 3. The zero-order valence-electron chi connectivity index (χ0n) is 32.0. The quantitative estimate of drug-likeness (QED) is 0.200. The third kappa shape index (κ3) is 7.53. The van der Waals surface area contributed by atoms with Gasteiger partial charge in [0.05, 0.1) is 11.4 Å². The van der Waals surface area contributed by atoms with E-state index in [1.54, 1.807) is 54.7 Å². The number of aromatic nitrogens is 3. The van der Waals surface area contributed by atoms with E-state index in [2.05, 4.69) is 20.5 Å². The number of hydrogen-bond donors (Lipinski definition) is 2. The third-order valence-corrected chi connectivity index (χ3v) is 13.9. The van der Waals surface area contributed by atoms with E-state index in [9.17, 15) is 27.6 Å². The lowest BCUT2D eigenvalue weighted by atomic mass is 10.0. The van der Waals surface area contributed by atoms with Crippen LogP contribution in [0.25, 0.3) is 11.0 Å². The molecule has 17 heteroatoms. The fourth-order valence-corrected chi connectivity index (χ4v) is 10.4. The summed E-state index contributed by atoms with van der Waals surface area (Å²) < 4.78 is 43.1. The minimum atomic E-state index is -3.75. The van der Waals surface area contributed by atoms with Gasteiger partial charge in [-0.2, -0.15) is 9.29 Å². The van der Waals surface area contributed by atoms with Crippen molar-refractivity contribution in [2.24, 2.45) is 0 Å². The lowest BCUT2D eigenvalue weighted by Crippen LogP contribution is -2.54. The van der Waals surface area contributed by atoms with Crippen molar-refractivity contribution >= 4 is 44.7 Å². The normalized spacial score (nSPS) is 21.3. The van der Waals surface area contributed by atoms with Gasteiger partial charge in [-0.15, -0.1) is 0 Å². The number of carbonyl (C=O) groups excluding carboxylic acids is 3. The fraction of sp³-hybridized carbons (Fsp3) is 0.463. The van der Waals surface area contributed by atoms with Crippen molar-refractivity contribution in [3.05, 3.63) is 82.3 Å². The maximum atomic E-state index is 13.7. The van der Waals surface area contributed by atoms with E-state index in [-0.39, 0.29) is 53.4 Å². The first kappa shape index (κ1) is 38.1. The van der Waals surface area contributed by atoms with Crippen molar-refractivity contribution in [2.75, 3.05) is 44.6 Å². The molecule has 4 aliphatic heterocycles. The van der Waals surface area contributed by atoms with Crippen molar-refractivity contribution in [3.63, 3.8) is 0 Å². The van der Waals surface area contributed by atoms with E-state index < -0.39 is 22.0 Å². The topological polar surface area (TPSA) is 185 Å². The molecule has 58 heavy (non-hydrogen) atoms. The summed E-state index contributed by atoms with van der Waals surface area (Å²) in [5, 5.41) is 6.54. The molecule has 304 valence electrons. The Morgan fingerprint density at radius 1 is 0.914 bits per heavy atom. The number of fused-ring (bicyclic) bond motifs is 2. The number of nitrogens with one attached hydrogen (secondary N) is 2. The van der Waals surface area contributed by atoms with Gasteiger partial charge in [-0.05, 0) is 62.4 Å². The van der Waals surface area contributed by atoms with Crippen molar-refractivity contribution < 1.29 is 32.3 Å². The molecule has 1 saturated carbocycles. The predicted octanol–water partition coefficient (Wildman–Crippen LogP) is 3.07. The zero-order valence-corrected chi connectivity index (χ0v) is 32.9. The van der Waals surface area contributed by atoms with Gasteiger partial charge in [0, 0.05) is 86.1 Å². The van der Waals surface area contributed by atoms with E-state index in [4.69, 9.17) is 14.5 Å². The van der Waals surface area contributed by atoms with Crippen LogP contribution in [-0.4, -0.2) is 112 Å². The molecule has 9 rings (SSSR count). The highest BCUT2D eigenvalue weighted by atomic mass is 32.2. The van der Waals surface area contributed by atoms with Gasteiger partial charge in [-0.3, -0.25) is 34.0 Å². The molecule has 3 saturated heterocycles. The molecule has 0 bridgehead atoms. The molecular formula is C41H46N8O8S. The van der Waals surface area contributed by atoms with E-state index >= 15 is 0 Å². The van der Waals surface area contributed by atoms with Crippen molar-refractivity contribution in [2.45, 2.75) is 87.0 Å². The lowest BCUT2D eigenvalue weighted by Gasteiger charge is -2.39. The Morgan fingerprint density at radius 2 is 1.71 bits per heavy atom. The first-order chi connectivity index (χ1) is 28.1. The van der Waals surface area contributed by atoms with Crippen LogP contribution in [0.1, 0.15) is 73.3 Å². The highest BCUT2D eigenvalue weighted by Crippen LogP contribution is 2.34. The summed E-state index contributed by atoms with van der Waals surface area (Å²) in [4.78, 5) is 63.1. The molecule has 2 N–H and O–H groups in total. The summed E-state index contributed by atoms with van der Waals surface area (Å²) in [6.07, 6.45) is 7.41. The fourth-order valence-electron chi connectivity index (χ4n) is 8.85. The van der Waals surface area contributed by atoms with Crippen molar-refractivity contribution in [3.8, 4) is 11.5 Å². The molecule has 0 radical (unpaired) electrons. The summed E-state index contributed by atoms with van der Waals surface area (Å²) in [6, 6.07) is 14.8. The molecule has 2 aromatic heterocycles. The number of anilines is 1. The minimum Gasteiger partial charge on any atom is -0.492 e. The van der Waals surface area contributed by atoms with E-state index in [0.29, 0.717) is 87.3 Å². The first-order valence-electron chi connectivity index (χ1n) is 20.1. The number of likely N-dealkylation sites (tertiary alicyclic amines) is 1. The minimum absolute atomic E-state index is 0.0195. The monoisotopic (exact) mass is 810 g/mol. The van der Waals surface area contributed by atoms with E-state index in [0.717, 1.165) is 36.6 Å². The van der Waals surface area contributed by atoms with Gasteiger partial charge in [0.25, 0.3) is 11.5 Å². The Labute approximate surface area is 335 Å². The number of nitrogens with zero attached hydrogens (tertiary/aromatic N) is 6. The summed E-state index contributed by atoms with van der Waals surface area (Å²) in [6.45, 7) is 3.23. The summed E-state index contributed by atoms with van der Waals surface area (Å²) in [7, 11) is -3.75. The Bertz CT molecular complexity index is 2420. The number of hydrogen-bond acceptors (Lipinski definition) is 12. The van der Waals surface area contributed by atoms with Crippen LogP contribution in [0.3, 0.4) is 0 Å². The van der Waals surface area contributed by atoms with E-state index in [1.807, 2.05) is 10.6 Å². The zero-order chi connectivity index (χ0) is 40.0. The number of carbonyl (C=O) groups is 3. The second-order valence-electron chi connectivity index (χ2n) is 15.8. The molecule has 2 aromatic carbocycles. The van der Waals surface area contributed by atoms with Gasteiger partial charge < -0.3 is 19.7 Å². The number of benzene rings is 2. The molecular weight excluding hydrogens is 765 g/mol. The van der Waals surface area contributed by atoms with Gasteiger partial charge >= 0.3 is 0 Å². The van der Waals surface area contributed by atoms with Crippen LogP contribution in [0.2, 0.25) is 0 Å². The maximum Gasteiger partial charge on any atom is 0.255 e. The summed E-state index contributed by atoms with van der Waals surface area (Å²) in [5.41, 5.74) is 1.83. The van der Waals surface area contributed by atoms with Crippen LogP contribution in [0, 0.1) is 0 Å². The average Bonchev–Trinajstić information content (AvgIpc) is 3.86.